The maximum absolute atomic E-state index is 12.5. The number of anilines is 1. The van der Waals surface area contributed by atoms with Gasteiger partial charge in [0.25, 0.3) is 0 Å². The lowest BCUT2D eigenvalue weighted by Gasteiger charge is -2.12. The topological polar surface area (TPSA) is 99.3 Å². The maximum atomic E-state index is 12.5. The monoisotopic (exact) mass is 380 g/mol. The first-order chi connectivity index (χ1) is 13.3. The molecular formula is C20H20N4O4. The van der Waals surface area contributed by atoms with Crippen LogP contribution in [-0.2, 0) is 11.3 Å². The highest BCUT2D eigenvalue weighted by molar-refractivity contribution is 5.92. The van der Waals surface area contributed by atoms with Crippen molar-refractivity contribution in [2.75, 3.05) is 5.32 Å². The number of nitrogens with one attached hydrogen (secondary N) is 1. The summed E-state index contributed by atoms with van der Waals surface area (Å²) in [6.07, 6.45) is 0. The number of benzene rings is 2. The van der Waals surface area contributed by atoms with E-state index in [0.29, 0.717) is 22.9 Å². The van der Waals surface area contributed by atoms with Crippen molar-refractivity contribution in [3.05, 3.63) is 75.6 Å². The number of hydrogen-bond acceptors (Lipinski definition) is 5. The molecule has 0 radical (unpaired) electrons. The lowest BCUT2D eigenvalue weighted by Crippen LogP contribution is -2.20. The van der Waals surface area contributed by atoms with Crippen molar-refractivity contribution < 1.29 is 14.5 Å². The smallest absolute Gasteiger partial charge is 0.312 e. The summed E-state index contributed by atoms with van der Waals surface area (Å²) in [5.74, 6) is 0.793. The molecule has 0 fully saturated rings. The van der Waals surface area contributed by atoms with Gasteiger partial charge in [0.2, 0.25) is 5.91 Å². The van der Waals surface area contributed by atoms with Crippen LogP contribution in [-0.4, -0.2) is 20.6 Å². The Balaban J connectivity index is 1.75. The molecule has 0 aliphatic rings. The van der Waals surface area contributed by atoms with E-state index in [2.05, 4.69) is 10.4 Å². The van der Waals surface area contributed by atoms with Crippen molar-refractivity contribution in [3.8, 4) is 11.5 Å². The second-order valence-corrected chi connectivity index (χ2v) is 6.39. The fourth-order valence-corrected chi connectivity index (χ4v) is 2.82. The minimum absolute atomic E-state index is 0.0732. The van der Waals surface area contributed by atoms with E-state index in [1.165, 1.54) is 4.68 Å². The number of nitro groups is 1. The maximum Gasteiger partial charge on any atom is 0.312 e. The average molecular weight is 380 g/mol. The Kier molecular flexibility index (Phi) is 5.39. The first-order valence-corrected chi connectivity index (χ1v) is 8.67. The van der Waals surface area contributed by atoms with Crippen LogP contribution in [0.25, 0.3) is 0 Å². The quantitative estimate of drug-likeness (QED) is 0.512. The molecule has 8 heteroatoms. The third-order valence-electron chi connectivity index (χ3n) is 4.23. The van der Waals surface area contributed by atoms with Crippen molar-refractivity contribution in [1.29, 1.82) is 0 Å². The van der Waals surface area contributed by atoms with Gasteiger partial charge in [0, 0.05) is 0 Å². The lowest BCUT2D eigenvalue weighted by atomic mass is 10.2. The zero-order valence-corrected chi connectivity index (χ0v) is 15.8. The highest BCUT2D eigenvalue weighted by atomic mass is 16.6. The molecular weight excluding hydrogens is 360 g/mol. The summed E-state index contributed by atoms with van der Waals surface area (Å²) in [6, 6.07) is 14.6. The van der Waals surface area contributed by atoms with Crippen molar-refractivity contribution in [3.63, 3.8) is 0 Å². The van der Waals surface area contributed by atoms with Gasteiger partial charge in [0.1, 0.15) is 23.7 Å². The molecule has 0 aliphatic carbocycles. The third kappa shape index (κ3) is 4.17. The van der Waals surface area contributed by atoms with E-state index in [4.69, 9.17) is 4.74 Å². The fourth-order valence-electron chi connectivity index (χ4n) is 2.82. The number of para-hydroxylation sites is 2. The van der Waals surface area contributed by atoms with Crippen LogP contribution in [0.5, 0.6) is 11.5 Å². The minimum Gasteiger partial charge on any atom is -0.455 e. The minimum atomic E-state index is -0.489. The summed E-state index contributed by atoms with van der Waals surface area (Å²) in [6.45, 7) is 4.96. The number of hydrogen-bond donors (Lipinski definition) is 1. The van der Waals surface area contributed by atoms with Crippen molar-refractivity contribution in [1.82, 2.24) is 9.78 Å². The molecule has 1 aromatic heterocycles. The third-order valence-corrected chi connectivity index (χ3v) is 4.23. The number of nitrogens with zero attached hydrogens (tertiary/aromatic N) is 3. The van der Waals surface area contributed by atoms with Crippen molar-refractivity contribution >= 4 is 17.3 Å². The lowest BCUT2D eigenvalue weighted by molar-refractivity contribution is -0.386. The van der Waals surface area contributed by atoms with Gasteiger partial charge in [-0.3, -0.25) is 19.6 Å². The molecule has 2 aromatic carbocycles. The summed E-state index contributed by atoms with van der Waals surface area (Å²) < 4.78 is 7.19. The van der Waals surface area contributed by atoms with Crippen LogP contribution in [0.4, 0.5) is 11.4 Å². The largest absolute Gasteiger partial charge is 0.455 e. The van der Waals surface area contributed by atoms with E-state index in [-0.39, 0.29) is 23.8 Å². The number of ether oxygens (including phenoxy) is 1. The van der Waals surface area contributed by atoms with Crippen molar-refractivity contribution in [2.24, 2.45) is 0 Å². The van der Waals surface area contributed by atoms with Gasteiger partial charge in [-0.1, -0.05) is 29.8 Å². The second-order valence-electron chi connectivity index (χ2n) is 6.39. The number of aryl methyl sites for hydroxylation is 2. The Hall–Kier alpha value is -3.68. The Labute approximate surface area is 161 Å². The van der Waals surface area contributed by atoms with Crippen LogP contribution in [0.15, 0.2) is 48.5 Å². The predicted octanol–water partition coefficient (Wildman–Crippen LogP) is 4.15. The van der Waals surface area contributed by atoms with Gasteiger partial charge >= 0.3 is 5.69 Å². The molecule has 1 heterocycles. The zero-order valence-electron chi connectivity index (χ0n) is 15.8. The molecule has 144 valence electrons. The number of rotatable bonds is 6. The van der Waals surface area contributed by atoms with Gasteiger partial charge in [0.15, 0.2) is 5.75 Å². The molecule has 0 unspecified atom stereocenters. The highest BCUT2D eigenvalue weighted by Gasteiger charge is 2.23. The number of aromatic nitrogens is 2. The predicted molar refractivity (Wildman–Crippen MR) is 105 cm³/mol. The number of carbonyl (C=O) groups is 1. The summed E-state index contributed by atoms with van der Waals surface area (Å²) in [4.78, 5) is 23.1. The van der Waals surface area contributed by atoms with E-state index in [0.717, 1.165) is 5.56 Å². The molecule has 1 amide bonds. The zero-order chi connectivity index (χ0) is 20.3. The van der Waals surface area contributed by atoms with Gasteiger partial charge in [-0.2, -0.15) is 5.10 Å². The average Bonchev–Trinajstić information content (AvgIpc) is 2.92. The van der Waals surface area contributed by atoms with Gasteiger partial charge in [-0.15, -0.1) is 0 Å². The number of amides is 1. The van der Waals surface area contributed by atoms with E-state index < -0.39 is 4.92 Å². The standard InChI is InChI=1S/C20H20N4O4/c1-13-8-10-16(11-9-13)28-18-7-5-4-6-17(18)21-19(25)12-23-15(3)20(24(26)27)14(2)22-23/h4-11H,12H2,1-3H3,(H,21,25). The summed E-state index contributed by atoms with van der Waals surface area (Å²) in [5, 5.41) is 18.0. The molecule has 3 aromatic rings. The Bertz CT molecular complexity index is 1030. The molecule has 28 heavy (non-hydrogen) atoms. The van der Waals surface area contributed by atoms with E-state index in [1.54, 1.807) is 32.0 Å². The summed E-state index contributed by atoms with van der Waals surface area (Å²) in [7, 11) is 0. The molecule has 3 rings (SSSR count). The second kappa shape index (κ2) is 7.91. The van der Waals surface area contributed by atoms with Crippen LogP contribution >= 0.6 is 0 Å². The van der Waals surface area contributed by atoms with Crippen LogP contribution < -0.4 is 10.1 Å². The van der Waals surface area contributed by atoms with Crippen LogP contribution in [0.3, 0.4) is 0 Å². The fraction of sp³-hybridized carbons (Fsp3) is 0.200. The van der Waals surface area contributed by atoms with Crippen LogP contribution in [0.1, 0.15) is 17.0 Å². The van der Waals surface area contributed by atoms with Crippen LogP contribution in [0.2, 0.25) is 0 Å². The highest BCUT2D eigenvalue weighted by Crippen LogP contribution is 2.29. The Morgan fingerprint density at radius 2 is 1.82 bits per heavy atom. The molecule has 8 nitrogen and oxygen atoms in total. The first-order valence-electron chi connectivity index (χ1n) is 8.67. The molecule has 0 atom stereocenters. The van der Waals surface area contributed by atoms with Gasteiger partial charge in [-0.05, 0) is 45.0 Å². The van der Waals surface area contributed by atoms with Gasteiger partial charge in [0.05, 0.1) is 10.6 Å². The number of carbonyl (C=O) groups excluding carboxylic acids is 1. The molecule has 0 spiro atoms. The SMILES string of the molecule is Cc1ccc(Oc2ccccc2NC(=O)Cn2nc(C)c([N+](=O)[O-])c2C)cc1. The van der Waals surface area contributed by atoms with Gasteiger partial charge in [-0.25, -0.2) is 0 Å². The van der Waals surface area contributed by atoms with E-state index in [1.807, 2.05) is 37.3 Å². The molecule has 0 aliphatic heterocycles. The first kappa shape index (κ1) is 19.1. The summed E-state index contributed by atoms with van der Waals surface area (Å²) in [5.41, 5.74) is 2.16. The summed E-state index contributed by atoms with van der Waals surface area (Å²) >= 11 is 0. The van der Waals surface area contributed by atoms with E-state index >= 15 is 0 Å². The van der Waals surface area contributed by atoms with Crippen molar-refractivity contribution in [2.45, 2.75) is 27.3 Å². The Morgan fingerprint density at radius 1 is 1.14 bits per heavy atom. The van der Waals surface area contributed by atoms with E-state index in [9.17, 15) is 14.9 Å². The Morgan fingerprint density at radius 3 is 2.46 bits per heavy atom. The molecule has 1 N–H and O–H groups in total. The normalized spacial score (nSPS) is 10.5. The van der Waals surface area contributed by atoms with Gasteiger partial charge < -0.3 is 10.1 Å². The molecule has 0 bridgehead atoms. The molecule has 0 saturated heterocycles. The molecule has 0 saturated carbocycles. The van der Waals surface area contributed by atoms with Crippen LogP contribution in [0, 0.1) is 30.9 Å².